The first-order valence-corrected chi connectivity index (χ1v) is 9.96. The third kappa shape index (κ3) is 5.29. The largest absolute Gasteiger partial charge is 0.467 e. The fraction of sp³-hybridized carbons (Fsp3) is 0.579. The summed E-state index contributed by atoms with van der Waals surface area (Å²) in [5.74, 6) is -0.884. The molecule has 0 aromatic carbocycles. The number of hydrazone groups is 1. The number of methoxy groups -OCH3 is 1. The van der Waals surface area contributed by atoms with Gasteiger partial charge in [-0.3, -0.25) is 19.6 Å². The molecule has 2 N–H and O–H groups in total. The van der Waals surface area contributed by atoms with Crippen molar-refractivity contribution in [1.29, 1.82) is 0 Å². The average Bonchev–Trinajstić information content (AvgIpc) is 3.44. The predicted molar refractivity (Wildman–Crippen MR) is 106 cm³/mol. The van der Waals surface area contributed by atoms with Gasteiger partial charge in [0.1, 0.15) is 11.9 Å². The fourth-order valence-electron chi connectivity index (χ4n) is 3.92. The number of amides is 3. The number of hydroxylamine groups is 2. The van der Waals surface area contributed by atoms with Gasteiger partial charge in [-0.05, 0) is 18.4 Å². The van der Waals surface area contributed by atoms with Crippen LogP contribution in [0.5, 0.6) is 6.01 Å². The highest BCUT2D eigenvalue weighted by molar-refractivity contribution is 5.99. The number of ether oxygens (including phenoxy) is 1. The van der Waals surface area contributed by atoms with Gasteiger partial charge in [-0.15, -0.1) is 0 Å². The Hall–Kier alpha value is -3.08. The Kier molecular flexibility index (Phi) is 7.28. The zero-order valence-electron chi connectivity index (χ0n) is 16.8. The van der Waals surface area contributed by atoms with Gasteiger partial charge in [-0.25, -0.2) is 15.1 Å². The summed E-state index contributed by atoms with van der Waals surface area (Å²) >= 11 is 0. The molecule has 3 rings (SSSR count). The second kappa shape index (κ2) is 10.1. The van der Waals surface area contributed by atoms with Gasteiger partial charge >= 0.3 is 6.01 Å². The molecule has 3 amide bonds. The Morgan fingerprint density at radius 2 is 2.20 bits per heavy atom. The Balaban J connectivity index is 1.70. The van der Waals surface area contributed by atoms with Crippen molar-refractivity contribution in [2.75, 3.05) is 19.0 Å². The normalized spacial score (nSPS) is 19.5. The van der Waals surface area contributed by atoms with E-state index in [0.29, 0.717) is 17.4 Å². The van der Waals surface area contributed by atoms with Crippen molar-refractivity contribution in [3.63, 3.8) is 0 Å². The third-order valence-corrected chi connectivity index (χ3v) is 5.40. The van der Waals surface area contributed by atoms with Gasteiger partial charge in [0.15, 0.2) is 0 Å². The summed E-state index contributed by atoms with van der Waals surface area (Å²) in [4.78, 5) is 44.8. The minimum atomic E-state index is -0.840. The van der Waals surface area contributed by atoms with Crippen molar-refractivity contribution in [3.8, 4) is 6.01 Å². The molecule has 1 aromatic heterocycles. The molecule has 162 valence electrons. The lowest BCUT2D eigenvalue weighted by Crippen LogP contribution is -2.46. The lowest BCUT2D eigenvalue weighted by molar-refractivity contribution is -0.158. The molecule has 1 aliphatic carbocycles. The molecule has 0 saturated heterocycles. The van der Waals surface area contributed by atoms with Gasteiger partial charge in [-0.1, -0.05) is 25.7 Å². The second-order valence-corrected chi connectivity index (χ2v) is 7.46. The van der Waals surface area contributed by atoms with Crippen molar-refractivity contribution < 1.29 is 24.3 Å². The first kappa shape index (κ1) is 21.6. The molecule has 1 saturated carbocycles. The predicted octanol–water partition coefficient (Wildman–Crippen LogP) is 1.05. The van der Waals surface area contributed by atoms with Crippen LogP contribution in [0.3, 0.4) is 0 Å². The lowest BCUT2D eigenvalue weighted by Gasteiger charge is -2.28. The van der Waals surface area contributed by atoms with Gasteiger partial charge in [0, 0.05) is 18.8 Å². The Labute approximate surface area is 174 Å². The van der Waals surface area contributed by atoms with Crippen LogP contribution in [0.4, 0.5) is 5.82 Å². The highest BCUT2D eigenvalue weighted by Gasteiger charge is 2.38. The molecular formula is C19H26N6O5. The Morgan fingerprint density at radius 1 is 1.43 bits per heavy atom. The maximum Gasteiger partial charge on any atom is 0.318 e. The number of hydrogen-bond acceptors (Lipinski definition) is 8. The van der Waals surface area contributed by atoms with Crippen LogP contribution in [0.2, 0.25) is 0 Å². The van der Waals surface area contributed by atoms with Gasteiger partial charge < -0.3 is 10.1 Å². The smallest absolute Gasteiger partial charge is 0.318 e. The zero-order valence-corrected chi connectivity index (χ0v) is 16.8. The molecule has 2 aliphatic rings. The van der Waals surface area contributed by atoms with E-state index in [1.807, 2.05) is 0 Å². The third-order valence-electron chi connectivity index (χ3n) is 5.40. The van der Waals surface area contributed by atoms with Crippen molar-refractivity contribution in [2.45, 2.75) is 44.6 Å². The van der Waals surface area contributed by atoms with Crippen LogP contribution in [0, 0.1) is 11.8 Å². The van der Waals surface area contributed by atoms with E-state index in [0.717, 1.165) is 30.7 Å². The molecule has 0 spiro atoms. The lowest BCUT2D eigenvalue weighted by atomic mass is 9.92. The molecule has 1 aromatic rings. The molecule has 2 atom stereocenters. The number of hydrogen-bond donors (Lipinski definition) is 2. The van der Waals surface area contributed by atoms with E-state index >= 15 is 0 Å². The molecule has 30 heavy (non-hydrogen) atoms. The quantitative estimate of drug-likeness (QED) is 0.347. The SMILES string of the molecule is COc1nccc(NC(=O)C2CC=NN2C(=O)C(CC2CCCC2)CN(O)C=O)n1. The minimum Gasteiger partial charge on any atom is -0.467 e. The summed E-state index contributed by atoms with van der Waals surface area (Å²) < 4.78 is 4.94. The summed E-state index contributed by atoms with van der Waals surface area (Å²) in [6, 6.07) is 0.781. The standard InChI is InChI=1S/C19H26N6O5/c1-30-19-20-8-7-16(23-19)22-17(27)15-6-9-21-25(15)18(28)14(11-24(29)12-26)10-13-4-2-3-5-13/h7-9,12-15,29H,2-6,10-11H2,1H3,(H,20,22,23,27). The number of carbonyl (C=O) groups excluding carboxylic acids is 3. The number of anilines is 1. The Morgan fingerprint density at radius 3 is 2.90 bits per heavy atom. The molecule has 11 heteroatoms. The van der Waals surface area contributed by atoms with E-state index in [2.05, 4.69) is 20.4 Å². The number of aromatic nitrogens is 2. The van der Waals surface area contributed by atoms with Crippen LogP contribution in [0.25, 0.3) is 0 Å². The van der Waals surface area contributed by atoms with E-state index in [1.54, 1.807) is 0 Å². The number of nitrogens with zero attached hydrogens (tertiary/aromatic N) is 5. The van der Waals surface area contributed by atoms with Gasteiger partial charge in [0.05, 0.1) is 19.6 Å². The van der Waals surface area contributed by atoms with Crippen molar-refractivity contribution in [2.24, 2.45) is 16.9 Å². The van der Waals surface area contributed by atoms with E-state index in [-0.39, 0.29) is 31.2 Å². The fourth-order valence-corrected chi connectivity index (χ4v) is 3.92. The molecule has 0 radical (unpaired) electrons. The molecule has 1 aliphatic heterocycles. The first-order valence-electron chi connectivity index (χ1n) is 9.96. The van der Waals surface area contributed by atoms with Crippen LogP contribution in [0.15, 0.2) is 17.4 Å². The maximum atomic E-state index is 13.2. The first-order chi connectivity index (χ1) is 14.5. The van der Waals surface area contributed by atoms with Crippen molar-refractivity contribution >= 4 is 30.3 Å². The minimum absolute atomic E-state index is 0.108. The number of nitrogens with one attached hydrogen (secondary N) is 1. The van der Waals surface area contributed by atoms with Crippen molar-refractivity contribution in [3.05, 3.63) is 12.3 Å². The van der Waals surface area contributed by atoms with Gasteiger partial charge in [0.2, 0.25) is 12.3 Å². The summed E-state index contributed by atoms with van der Waals surface area (Å²) in [6.45, 7) is -0.137. The monoisotopic (exact) mass is 418 g/mol. The maximum absolute atomic E-state index is 13.2. The molecular weight excluding hydrogens is 392 g/mol. The molecule has 11 nitrogen and oxygen atoms in total. The van der Waals surface area contributed by atoms with Crippen LogP contribution >= 0.6 is 0 Å². The summed E-state index contributed by atoms with van der Waals surface area (Å²) in [5, 5.41) is 18.0. The van der Waals surface area contributed by atoms with E-state index in [9.17, 15) is 19.6 Å². The number of carbonyl (C=O) groups is 3. The van der Waals surface area contributed by atoms with E-state index < -0.39 is 23.8 Å². The molecule has 0 bridgehead atoms. The zero-order chi connectivity index (χ0) is 21.5. The average molecular weight is 418 g/mol. The second-order valence-electron chi connectivity index (χ2n) is 7.46. The topological polar surface area (TPSA) is 137 Å². The highest BCUT2D eigenvalue weighted by atomic mass is 16.5. The Bertz CT molecular complexity index is 797. The van der Waals surface area contributed by atoms with Gasteiger partial charge in [0.25, 0.3) is 5.91 Å². The van der Waals surface area contributed by atoms with Gasteiger partial charge in [-0.2, -0.15) is 10.1 Å². The summed E-state index contributed by atoms with van der Waals surface area (Å²) in [6.07, 6.45) is 8.26. The molecule has 2 heterocycles. The highest BCUT2D eigenvalue weighted by Crippen LogP contribution is 2.32. The van der Waals surface area contributed by atoms with E-state index in [4.69, 9.17) is 4.74 Å². The summed E-state index contributed by atoms with van der Waals surface area (Å²) in [7, 11) is 1.42. The molecule has 2 unspecified atom stereocenters. The van der Waals surface area contributed by atoms with Crippen LogP contribution in [0.1, 0.15) is 38.5 Å². The van der Waals surface area contributed by atoms with Crippen LogP contribution < -0.4 is 10.1 Å². The van der Waals surface area contributed by atoms with Crippen LogP contribution in [-0.2, 0) is 14.4 Å². The van der Waals surface area contributed by atoms with Crippen LogP contribution in [-0.4, -0.2) is 69.4 Å². The summed E-state index contributed by atoms with van der Waals surface area (Å²) in [5.41, 5.74) is 0. The van der Waals surface area contributed by atoms with Crippen molar-refractivity contribution in [1.82, 2.24) is 20.0 Å². The molecule has 1 fully saturated rings. The number of rotatable bonds is 9. The van der Waals surface area contributed by atoms with E-state index in [1.165, 1.54) is 25.6 Å².